The molecule has 1 aliphatic heterocycles. The average molecular weight is 247 g/mol. The van der Waals surface area contributed by atoms with E-state index >= 15 is 0 Å². The molecule has 1 fully saturated rings. The van der Waals surface area contributed by atoms with Crippen molar-refractivity contribution in [2.24, 2.45) is 11.8 Å². The number of ether oxygens (including phenoxy) is 1. The standard InChI is InChI=1S/C15H21NO2/c1-12(9-13-10-15(17)16-11-13)7-8-18-14-5-3-2-4-6-14/h2-6,12-13H,7-11H2,1H3,(H,16,17)/t12?,13-/m0/s1. The molecule has 1 heterocycles. The van der Waals surface area contributed by atoms with Crippen LogP contribution >= 0.6 is 0 Å². The van der Waals surface area contributed by atoms with Gasteiger partial charge < -0.3 is 10.1 Å². The number of hydrogen-bond acceptors (Lipinski definition) is 2. The van der Waals surface area contributed by atoms with Crippen molar-refractivity contribution in [2.45, 2.75) is 26.2 Å². The third-order valence-corrected chi connectivity index (χ3v) is 3.42. The zero-order valence-corrected chi connectivity index (χ0v) is 10.9. The summed E-state index contributed by atoms with van der Waals surface area (Å²) in [6.45, 7) is 3.83. The zero-order valence-electron chi connectivity index (χ0n) is 10.9. The first-order valence-corrected chi connectivity index (χ1v) is 6.68. The second-order valence-corrected chi connectivity index (χ2v) is 5.17. The topological polar surface area (TPSA) is 38.3 Å². The first-order chi connectivity index (χ1) is 8.74. The zero-order chi connectivity index (χ0) is 12.8. The molecule has 3 heteroatoms. The summed E-state index contributed by atoms with van der Waals surface area (Å²) in [5.74, 6) is 2.26. The highest BCUT2D eigenvalue weighted by atomic mass is 16.5. The molecule has 1 saturated heterocycles. The van der Waals surface area contributed by atoms with E-state index in [0.717, 1.165) is 31.7 Å². The van der Waals surface area contributed by atoms with Crippen molar-refractivity contribution in [1.82, 2.24) is 5.32 Å². The minimum atomic E-state index is 0.202. The number of benzene rings is 1. The minimum Gasteiger partial charge on any atom is -0.494 e. The Morgan fingerprint density at radius 1 is 1.39 bits per heavy atom. The van der Waals surface area contributed by atoms with Crippen molar-refractivity contribution < 1.29 is 9.53 Å². The van der Waals surface area contributed by atoms with Gasteiger partial charge in [-0.2, -0.15) is 0 Å². The molecule has 1 unspecified atom stereocenters. The van der Waals surface area contributed by atoms with Gasteiger partial charge in [0.1, 0.15) is 5.75 Å². The number of para-hydroxylation sites is 1. The van der Waals surface area contributed by atoms with Gasteiger partial charge in [0.15, 0.2) is 0 Å². The van der Waals surface area contributed by atoms with Crippen LogP contribution < -0.4 is 10.1 Å². The smallest absolute Gasteiger partial charge is 0.220 e. The highest BCUT2D eigenvalue weighted by Crippen LogP contribution is 2.21. The largest absolute Gasteiger partial charge is 0.494 e. The lowest BCUT2D eigenvalue weighted by molar-refractivity contribution is -0.119. The van der Waals surface area contributed by atoms with E-state index in [-0.39, 0.29) is 5.91 Å². The second kappa shape index (κ2) is 6.43. The Morgan fingerprint density at radius 2 is 2.17 bits per heavy atom. The van der Waals surface area contributed by atoms with Gasteiger partial charge in [-0.05, 0) is 36.8 Å². The second-order valence-electron chi connectivity index (χ2n) is 5.17. The fraction of sp³-hybridized carbons (Fsp3) is 0.533. The summed E-state index contributed by atoms with van der Waals surface area (Å²) >= 11 is 0. The van der Waals surface area contributed by atoms with E-state index in [0.29, 0.717) is 18.3 Å². The Balaban J connectivity index is 1.63. The molecule has 3 nitrogen and oxygen atoms in total. The lowest BCUT2D eigenvalue weighted by Crippen LogP contribution is -2.15. The van der Waals surface area contributed by atoms with Crippen LogP contribution in [0.5, 0.6) is 5.75 Å². The summed E-state index contributed by atoms with van der Waals surface area (Å²) in [5.41, 5.74) is 0. The van der Waals surface area contributed by atoms with Crippen LogP contribution in [0.3, 0.4) is 0 Å². The molecule has 1 aliphatic rings. The third-order valence-electron chi connectivity index (χ3n) is 3.42. The van der Waals surface area contributed by atoms with Crippen molar-refractivity contribution in [1.29, 1.82) is 0 Å². The van der Waals surface area contributed by atoms with E-state index in [1.165, 1.54) is 0 Å². The molecule has 98 valence electrons. The summed E-state index contributed by atoms with van der Waals surface area (Å²) in [7, 11) is 0. The fourth-order valence-corrected chi connectivity index (χ4v) is 2.41. The summed E-state index contributed by atoms with van der Waals surface area (Å²) in [5, 5.41) is 2.89. The average Bonchev–Trinajstić information content (AvgIpc) is 2.76. The van der Waals surface area contributed by atoms with Crippen molar-refractivity contribution in [3.05, 3.63) is 30.3 Å². The van der Waals surface area contributed by atoms with Crippen LogP contribution in [-0.2, 0) is 4.79 Å². The third kappa shape index (κ3) is 4.06. The highest BCUT2D eigenvalue weighted by Gasteiger charge is 2.22. The molecular formula is C15H21NO2. The molecule has 0 saturated carbocycles. The Morgan fingerprint density at radius 3 is 2.83 bits per heavy atom. The van der Waals surface area contributed by atoms with E-state index < -0.39 is 0 Å². The van der Waals surface area contributed by atoms with Crippen molar-refractivity contribution in [3.63, 3.8) is 0 Å². The molecule has 0 bridgehead atoms. The Bertz CT molecular complexity index is 377. The molecule has 0 aliphatic carbocycles. The predicted molar refractivity (Wildman–Crippen MR) is 71.5 cm³/mol. The van der Waals surface area contributed by atoms with Crippen LogP contribution in [0.2, 0.25) is 0 Å². The highest BCUT2D eigenvalue weighted by molar-refractivity contribution is 5.78. The van der Waals surface area contributed by atoms with Crippen LogP contribution in [-0.4, -0.2) is 19.1 Å². The maximum atomic E-state index is 11.1. The molecule has 2 atom stereocenters. The summed E-state index contributed by atoms with van der Waals surface area (Å²) in [6, 6.07) is 9.90. The van der Waals surface area contributed by atoms with Gasteiger partial charge in [-0.15, -0.1) is 0 Å². The van der Waals surface area contributed by atoms with Crippen LogP contribution in [0.1, 0.15) is 26.2 Å². The van der Waals surface area contributed by atoms with E-state index in [4.69, 9.17) is 4.74 Å². The van der Waals surface area contributed by atoms with Gasteiger partial charge in [0.05, 0.1) is 6.61 Å². The summed E-state index contributed by atoms with van der Waals surface area (Å²) in [6.07, 6.45) is 2.85. The SMILES string of the molecule is CC(CCOc1ccccc1)C[C@@H]1CNC(=O)C1. The number of carbonyl (C=O) groups is 1. The Kier molecular flexibility index (Phi) is 4.62. The predicted octanol–water partition coefficient (Wildman–Crippen LogP) is 2.62. The van der Waals surface area contributed by atoms with Gasteiger partial charge in [-0.25, -0.2) is 0 Å². The lowest BCUT2D eigenvalue weighted by Gasteiger charge is -2.15. The lowest BCUT2D eigenvalue weighted by atomic mass is 9.93. The van der Waals surface area contributed by atoms with E-state index in [1.54, 1.807) is 0 Å². The molecule has 2 rings (SSSR count). The van der Waals surface area contributed by atoms with Crippen LogP contribution in [0.25, 0.3) is 0 Å². The molecule has 1 aromatic rings. The molecular weight excluding hydrogens is 226 g/mol. The number of amides is 1. The Labute approximate surface area is 109 Å². The first kappa shape index (κ1) is 12.9. The maximum absolute atomic E-state index is 11.1. The maximum Gasteiger partial charge on any atom is 0.220 e. The van der Waals surface area contributed by atoms with Gasteiger partial charge in [0.25, 0.3) is 0 Å². The quantitative estimate of drug-likeness (QED) is 0.839. The number of rotatable bonds is 6. The van der Waals surface area contributed by atoms with Crippen molar-refractivity contribution >= 4 is 5.91 Å². The fourth-order valence-electron chi connectivity index (χ4n) is 2.41. The number of hydrogen-bond donors (Lipinski definition) is 1. The molecule has 1 aromatic carbocycles. The summed E-state index contributed by atoms with van der Waals surface area (Å²) < 4.78 is 5.68. The minimum absolute atomic E-state index is 0.202. The van der Waals surface area contributed by atoms with Crippen LogP contribution in [0.15, 0.2) is 30.3 Å². The molecule has 0 spiro atoms. The molecule has 0 radical (unpaired) electrons. The number of nitrogens with one attached hydrogen (secondary N) is 1. The molecule has 1 amide bonds. The van der Waals surface area contributed by atoms with E-state index in [2.05, 4.69) is 12.2 Å². The van der Waals surface area contributed by atoms with E-state index in [1.807, 2.05) is 30.3 Å². The van der Waals surface area contributed by atoms with E-state index in [9.17, 15) is 4.79 Å². The van der Waals surface area contributed by atoms with Gasteiger partial charge in [0.2, 0.25) is 5.91 Å². The van der Waals surface area contributed by atoms with Gasteiger partial charge in [-0.3, -0.25) is 4.79 Å². The molecule has 0 aromatic heterocycles. The normalized spacial score (nSPS) is 20.5. The molecule has 1 N–H and O–H groups in total. The number of carbonyl (C=O) groups excluding carboxylic acids is 1. The van der Waals surface area contributed by atoms with Crippen molar-refractivity contribution in [3.8, 4) is 5.75 Å². The summed E-state index contributed by atoms with van der Waals surface area (Å²) in [4.78, 5) is 11.1. The van der Waals surface area contributed by atoms with Gasteiger partial charge in [-0.1, -0.05) is 25.1 Å². The Hall–Kier alpha value is -1.51. The monoisotopic (exact) mass is 247 g/mol. The molecule has 18 heavy (non-hydrogen) atoms. The van der Waals surface area contributed by atoms with Crippen LogP contribution in [0, 0.1) is 11.8 Å². The van der Waals surface area contributed by atoms with Gasteiger partial charge in [0, 0.05) is 13.0 Å². The van der Waals surface area contributed by atoms with Gasteiger partial charge >= 0.3 is 0 Å². The van der Waals surface area contributed by atoms with Crippen LogP contribution in [0.4, 0.5) is 0 Å². The van der Waals surface area contributed by atoms with Crippen molar-refractivity contribution in [2.75, 3.05) is 13.2 Å². The first-order valence-electron chi connectivity index (χ1n) is 6.68.